The van der Waals surface area contributed by atoms with E-state index in [2.05, 4.69) is 205 Å². The lowest BCUT2D eigenvalue weighted by Crippen LogP contribution is -2.17. The van der Waals surface area contributed by atoms with Gasteiger partial charge >= 0.3 is 0 Å². The Morgan fingerprint density at radius 2 is 0.875 bits per heavy atom. The Morgan fingerprint density at radius 3 is 1.64 bits per heavy atom. The van der Waals surface area contributed by atoms with Crippen LogP contribution in [0.15, 0.2) is 200 Å². The van der Waals surface area contributed by atoms with Crippen molar-refractivity contribution in [3.05, 3.63) is 206 Å². The van der Waals surface area contributed by atoms with Crippen molar-refractivity contribution >= 4 is 85.2 Å². The van der Waals surface area contributed by atoms with Crippen LogP contribution in [-0.2, 0) is 6.54 Å². The van der Waals surface area contributed by atoms with E-state index in [1.807, 2.05) is 22.7 Å². The molecule has 0 atom stereocenters. The molecule has 0 aliphatic rings. The van der Waals surface area contributed by atoms with Crippen molar-refractivity contribution < 1.29 is 0 Å². The lowest BCUT2D eigenvalue weighted by atomic mass is 9.97. The summed E-state index contributed by atoms with van der Waals surface area (Å²) in [7, 11) is 0. The van der Waals surface area contributed by atoms with E-state index in [4.69, 9.17) is 0 Å². The summed E-state index contributed by atoms with van der Waals surface area (Å²) in [5.74, 6) is 0. The van der Waals surface area contributed by atoms with Gasteiger partial charge in [-0.25, -0.2) is 0 Å². The van der Waals surface area contributed by atoms with Crippen molar-refractivity contribution in [1.29, 1.82) is 0 Å². The number of hydrogen-bond acceptors (Lipinski definition) is 3. The van der Waals surface area contributed by atoms with Crippen LogP contribution < -0.4 is 4.90 Å². The molecule has 0 spiro atoms. The molecule has 0 saturated heterocycles. The standard InChI is InChI=1S/C53H35NS2/c1-2-11-37-30-39(21-20-35(37)10-1)36-22-26-43(27-23-36)54(44-14-9-13-38(31-44)40-24-28-48-46-16-5-7-18-50(46)55-52(48)32-40)34-42-12-3-4-15-45(42)41-25-29-49-47-17-6-8-19-51(47)56-53(49)33-41/h1-33H,34H2. The summed E-state index contributed by atoms with van der Waals surface area (Å²) in [6.45, 7) is 0.717. The molecule has 0 bridgehead atoms. The first-order valence-electron chi connectivity index (χ1n) is 19.1. The third-order valence-electron chi connectivity index (χ3n) is 11.2. The Morgan fingerprint density at radius 1 is 0.321 bits per heavy atom. The zero-order valence-corrected chi connectivity index (χ0v) is 32.2. The molecule has 56 heavy (non-hydrogen) atoms. The topological polar surface area (TPSA) is 3.24 Å². The molecule has 0 amide bonds. The predicted octanol–water partition coefficient (Wildman–Crippen LogP) is 15.9. The van der Waals surface area contributed by atoms with Crippen LogP contribution in [0.2, 0.25) is 0 Å². The summed E-state index contributed by atoms with van der Waals surface area (Å²) >= 11 is 3.75. The molecule has 0 saturated carbocycles. The fraction of sp³-hybridized carbons (Fsp3) is 0.0189. The third-order valence-corrected chi connectivity index (χ3v) is 13.4. The van der Waals surface area contributed by atoms with Crippen molar-refractivity contribution in [3.8, 4) is 33.4 Å². The molecule has 0 N–H and O–H groups in total. The van der Waals surface area contributed by atoms with Gasteiger partial charge in [0, 0.05) is 58.3 Å². The summed E-state index contributed by atoms with van der Waals surface area (Å²) in [5, 5.41) is 7.82. The van der Waals surface area contributed by atoms with Crippen molar-refractivity contribution in [3.63, 3.8) is 0 Å². The predicted molar refractivity (Wildman–Crippen MR) is 245 cm³/mol. The van der Waals surface area contributed by atoms with Crippen LogP contribution in [0.1, 0.15) is 5.56 Å². The number of nitrogens with zero attached hydrogens (tertiary/aromatic N) is 1. The van der Waals surface area contributed by atoms with Crippen LogP contribution in [0, 0.1) is 0 Å². The van der Waals surface area contributed by atoms with E-state index in [9.17, 15) is 0 Å². The van der Waals surface area contributed by atoms with E-state index < -0.39 is 0 Å². The molecule has 0 unspecified atom stereocenters. The molecule has 11 aromatic rings. The minimum atomic E-state index is 0.717. The molecule has 0 radical (unpaired) electrons. The summed E-state index contributed by atoms with van der Waals surface area (Å²) in [6.07, 6.45) is 0. The van der Waals surface area contributed by atoms with Gasteiger partial charge in [-0.1, -0.05) is 146 Å². The zero-order valence-electron chi connectivity index (χ0n) is 30.5. The Balaban J connectivity index is 1.00. The van der Waals surface area contributed by atoms with Gasteiger partial charge in [-0.3, -0.25) is 0 Å². The maximum absolute atomic E-state index is 2.47. The highest BCUT2D eigenvalue weighted by molar-refractivity contribution is 7.26. The maximum atomic E-state index is 2.47. The number of anilines is 2. The second kappa shape index (κ2) is 13.6. The van der Waals surface area contributed by atoms with E-state index >= 15 is 0 Å². The van der Waals surface area contributed by atoms with Gasteiger partial charge in [0.1, 0.15) is 0 Å². The molecule has 3 heteroatoms. The summed E-state index contributed by atoms with van der Waals surface area (Å²) in [4.78, 5) is 2.47. The average Bonchev–Trinajstić information content (AvgIpc) is 3.83. The van der Waals surface area contributed by atoms with E-state index in [0.717, 1.165) is 17.9 Å². The Hall–Kier alpha value is -6.52. The molecule has 0 aliphatic carbocycles. The van der Waals surface area contributed by atoms with Crippen molar-refractivity contribution in [2.24, 2.45) is 0 Å². The summed E-state index contributed by atoms with van der Waals surface area (Å²) in [5.41, 5.74) is 11.0. The molecule has 0 aliphatic heterocycles. The molecule has 0 fully saturated rings. The highest BCUT2D eigenvalue weighted by Gasteiger charge is 2.17. The van der Waals surface area contributed by atoms with Crippen molar-refractivity contribution in [1.82, 2.24) is 0 Å². The Kier molecular flexibility index (Phi) is 8.01. The number of thiophene rings is 2. The second-order valence-electron chi connectivity index (χ2n) is 14.5. The quantitative estimate of drug-likeness (QED) is 0.157. The van der Waals surface area contributed by atoms with E-state index in [1.54, 1.807) is 0 Å². The molecule has 264 valence electrons. The van der Waals surface area contributed by atoms with E-state index in [0.29, 0.717) is 0 Å². The number of hydrogen-bond donors (Lipinski definition) is 0. The van der Waals surface area contributed by atoms with Crippen LogP contribution in [-0.4, -0.2) is 0 Å². The first-order valence-corrected chi connectivity index (χ1v) is 20.7. The fourth-order valence-electron chi connectivity index (χ4n) is 8.30. The molecule has 2 heterocycles. The maximum Gasteiger partial charge on any atom is 0.0487 e. The second-order valence-corrected chi connectivity index (χ2v) is 16.7. The minimum absolute atomic E-state index is 0.717. The van der Waals surface area contributed by atoms with Gasteiger partial charge in [-0.05, 0) is 104 Å². The van der Waals surface area contributed by atoms with Gasteiger partial charge in [-0.2, -0.15) is 0 Å². The van der Waals surface area contributed by atoms with Gasteiger partial charge in [0.2, 0.25) is 0 Å². The molecule has 2 aromatic heterocycles. The van der Waals surface area contributed by atoms with Gasteiger partial charge in [-0.15, -0.1) is 22.7 Å². The normalized spacial score (nSPS) is 11.6. The number of fused-ring (bicyclic) bond motifs is 7. The van der Waals surface area contributed by atoms with Crippen LogP contribution >= 0.6 is 22.7 Å². The largest absolute Gasteiger partial charge is 0.337 e. The Bertz CT molecular complexity index is 3240. The Labute approximate surface area is 334 Å². The third kappa shape index (κ3) is 5.84. The van der Waals surface area contributed by atoms with Crippen molar-refractivity contribution in [2.45, 2.75) is 6.54 Å². The summed E-state index contributed by atoms with van der Waals surface area (Å²) in [6, 6.07) is 73.8. The zero-order chi connectivity index (χ0) is 37.0. The SMILES string of the molecule is c1cc(-c2ccc3c(c2)sc2ccccc23)cc(N(Cc2ccccc2-c2ccc3c(c2)sc2ccccc23)c2ccc(-c3ccc4ccccc4c3)cc2)c1. The van der Waals surface area contributed by atoms with Crippen LogP contribution in [0.5, 0.6) is 0 Å². The average molecular weight is 750 g/mol. The van der Waals surface area contributed by atoms with Crippen LogP contribution in [0.3, 0.4) is 0 Å². The van der Waals surface area contributed by atoms with Crippen LogP contribution in [0.25, 0.3) is 84.5 Å². The highest BCUT2D eigenvalue weighted by Crippen LogP contribution is 2.40. The molecular weight excluding hydrogens is 715 g/mol. The lowest BCUT2D eigenvalue weighted by Gasteiger charge is -2.27. The van der Waals surface area contributed by atoms with Crippen LogP contribution in [0.4, 0.5) is 11.4 Å². The minimum Gasteiger partial charge on any atom is -0.337 e. The molecular formula is C53H35NS2. The first-order chi connectivity index (χ1) is 27.7. The lowest BCUT2D eigenvalue weighted by molar-refractivity contribution is 0.978. The van der Waals surface area contributed by atoms with E-state index in [-0.39, 0.29) is 0 Å². The summed E-state index contributed by atoms with van der Waals surface area (Å²) < 4.78 is 5.30. The molecule has 11 rings (SSSR count). The molecule has 1 nitrogen and oxygen atoms in total. The smallest absolute Gasteiger partial charge is 0.0487 e. The number of rotatable bonds is 7. The van der Waals surface area contributed by atoms with Gasteiger partial charge < -0.3 is 4.90 Å². The van der Waals surface area contributed by atoms with Crippen molar-refractivity contribution in [2.75, 3.05) is 4.90 Å². The van der Waals surface area contributed by atoms with Gasteiger partial charge in [0.05, 0.1) is 0 Å². The fourth-order valence-corrected chi connectivity index (χ4v) is 10.6. The number of benzene rings is 9. The highest BCUT2D eigenvalue weighted by atomic mass is 32.1. The van der Waals surface area contributed by atoms with E-state index in [1.165, 1.54) is 90.1 Å². The van der Waals surface area contributed by atoms with Gasteiger partial charge in [0.15, 0.2) is 0 Å². The van der Waals surface area contributed by atoms with Gasteiger partial charge in [0.25, 0.3) is 0 Å². The molecule has 9 aromatic carbocycles. The first kappa shape index (κ1) is 32.9. The monoisotopic (exact) mass is 749 g/mol.